The second-order valence-corrected chi connectivity index (χ2v) is 3.52. The zero-order valence-electron chi connectivity index (χ0n) is 10.5. The molecule has 0 fully saturated rings. The standard InChI is InChI=1S/C8H9NO3.C4H4N2O2/c1-12-6-4-2-3-5(7(6)9)8(10)11;7-4(8)3-1-5-6-2-3/h2-4H,9H2,1H3,(H,10,11);1-2H,(H,5,6)(H,7,8). The number of aromatic carboxylic acids is 2. The fraction of sp³-hybridized carbons (Fsp3) is 0.0833. The number of nitrogens with two attached hydrogens (primary N) is 1. The van der Waals surface area contributed by atoms with E-state index in [0.29, 0.717) is 5.75 Å². The molecule has 106 valence electrons. The minimum atomic E-state index is -1.05. The Labute approximate surface area is 113 Å². The van der Waals surface area contributed by atoms with E-state index in [2.05, 4.69) is 10.2 Å². The average molecular weight is 279 g/mol. The second-order valence-electron chi connectivity index (χ2n) is 3.52. The third-order valence-electron chi connectivity index (χ3n) is 2.26. The van der Waals surface area contributed by atoms with E-state index in [1.807, 2.05) is 0 Å². The summed E-state index contributed by atoms with van der Waals surface area (Å²) in [6.45, 7) is 0. The Morgan fingerprint density at radius 3 is 2.40 bits per heavy atom. The Morgan fingerprint density at radius 1 is 1.30 bits per heavy atom. The van der Waals surface area contributed by atoms with Gasteiger partial charge in [-0.05, 0) is 12.1 Å². The Bertz CT molecular complexity index is 595. The maximum absolute atomic E-state index is 10.6. The number of carboxylic acids is 2. The number of hydrogen-bond donors (Lipinski definition) is 4. The van der Waals surface area contributed by atoms with E-state index in [0.717, 1.165) is 0 Å². The van der Waals surface area contributed by atoms with Crippen LogP contribution in [0.1, 0.15) is 20.7 Å². The van der Waals surface area contributed by atoms with Crippen LogP contribution in [0.15, 0.2) is 30.6 Å². The van der Waals surface area contributed by atoms with Gasteiger partial charge in [0.2, 0.25) is 0 Å². The Balaban J connectivity index is 0.000000217. The number of benzene rings is 1. The van der Waals surface area contributed by atoms with Gasteiger partial charge in [-0.1, -0.05) is 6.07 Å². The minimum Gasteiger partial charge on any atom is -0.495 e. The second kappa shape index (κ2) is 6.78. The number of ether oxygens (including phenoxy) is 1. The van der Waals surface area contributed by atoms with Gasteiger partial charge in [0, 0.05) is 6.20 Å². The lowest BCUT2D eigenvalue weighted by molar-refractivity contribution is 0.0686. The first-order valence-corrected chi connectivity index (χ1v) is 5.35. The molecular weight excluding hydrogens is 266 g/mol. The molecule has 1 aromatic carbocycles. The van der Waals surface area contributed by atoms with Gasteiger partial charge in [0.1, 0.15) is 5.75 Å². The molecule has 8 heteroatoms. The van der Waals surface area contributed by atoms with E-state index in [9.17, 15) is 9.59 Å². The molecule has 2 rings (SSSR count). The molecule has 0 aliphatic rings. The molecular formula is C12H13N3O5. The van der Waals surface area contributed by atoms with Crippen LogP contribution in [0.25, 0.3) is 0 Å². The number of nitrogens with zero attached hydrogens (tertiary/aromatic N) is 1. The topological polar surface area (TPSA) is 139 Å². The monoisotopic (exact) mass is 279 g/mol. The SMILES string of the molecule is COc1cccc(C(=O)O)c1N.O=C(O)c1cn[nH]c1. The summed E-state index contributed by atoms with van der Waals surface area (Å²) in [5.74, 6) is -1.62. The maximum Gasteiger partial charge on any atom is 0.338 e. The number of nitrogen functional groups attached to an aromatic ring is 1. The Morgan fingerprint density at radius 2 is 2.00 bits per heavy atom. The predicted molar refractivity (Wildman–Crippen MR) is 69.9 cm³/mol. The number of aromatic amines is 1. The van der Waals surface area contributed by atoms with Crippen molar-refractivity contribution >= 4 is 17.6 Å². The van der Waals surface area contributed by atoms with Crippen LogP contribution in [-0.2, 0) is 0 Å². The molecule has 0 radical (unpaired) electrons. The van der Waals surface area contributed by atoms with Crippen molar-refractivity contribution in [3.8, 4) is 5.75 Å². The molecule has 20 heavy (non-hydrogen) atoms. The van der Waals surface area contributed by atoms with E-state index in [4.69, 9.17) is 20.7 Å². The van der Waals surface area contributed by atoms with Gasteiger partial charge in [0.05, 0.1) is 30.1 Å². The highest BCUT2D eigenvalue weighted by atomic mass is 16.5. The molecule has 0 unspecified atom stereocenters. The number of hydrogen-bond acceptors (Lipinski definition) is 5. The Hall–Kier alpha value is -3.03. The molecule has 0 amide bonds. The van der Waals surface area contributed by atoms with Crippen LogP contribution in [0.3, 0.4) is 0 Å². The zero-order chi connectivity index (χ0) is 15.1. The van der Waals surface area contributed by atoms with Crippen molar-refractivity contribution in [3.05, 3.63) is 41.7 Å². The Kier molecular flexibility index (Phi) is 5.10. The fourth-order valence-corrected chi connectivity index (χ4v) is 1.28. The predicted octanol–water partition coefficient (Wildman–Crippen LogP) is 1.08. The van der Waals surface area contributed by atoms with Crippen LogP contribution in [0.2, 0.25) is 0 Å². The first-order valence-electron chi connectivity index (χ1n) is 5.35. The molecule has 0 spiro atoms. The highest BCUT2D eigenvalue weighted by Crippen LogP contribution is 2.24. The van der Waals surface area contributed by atoms with E-state index in [-0.39, 0.29) is 16.8 Å². The minimum absolute atomic E-state index is 0.0642. The summed E-state index contributed by atoms with van der Waals surface area (Å²) in [6.07, 6.45) is 2.57. The third-order valence-corrected chi connectivity index (χ3v) is 2.26. The maximum atomic E-state index is 10.6. The summed E-state index contributed by atoms with van der Waals surface area (Å²) >= 11 is 0. The van der Waals surface area contributed by atoms with E-state index in [1.54, 1.807) is 12.1 Å². The van der Waals surface area contributed by atoms with Crippen LogP contribution >= 0.6 is 0 Å². The van der Waals surface area contributed by atoms with Crippen molar-refractivity contribution in [2.75, 3.05) is 12.8 Å². The smallest absolute Gasteiger partial charge is 0.338 e. The van der Waals surface area contributed by atoms with Gasteiger partial charge < -0.3 is 20.7 Å². The van der Waals surface area contributed by atoms with Gasteiger partial charge in [-0.15, -0.1) is 0 Å². The highest BCUT2D eigenvalue weighted by molar-refractivity contribution is 5.95. The highest BCUT2D eigenvalue weighted by Gasteiger charge is 2.10. The summed E-state index contributed by atoms with van der Waals surface area (Å²) in [5, 5.41) is 22.7. The zero-order valence-corrected chi connectivity index (χ0v) is 10.5. The number of anilines is 1. The van der Waals surface area contributed by atoms with Crippen LogP contribution in [0.5, 0.6) is 5.75 Å². The van der Waals surface area contributed by atoms with Gasteiger partial charge in [-0.3, -0.25) is 5.10 Å². The molecule has 0 aliphatic heterocycles. The van der Waals surface area contributed by atoms with Crippen LogP contribution in [0, 0.1) is 0 Å². The van der Waals surface area contributed by atoms with Gasteiger partial charge in [0.25, 0.3) is 0 Å². The van der Waals surface area contributed by atoms with Gasteiger partial charge in [-0.25, -0.2) is 9.59 Å². The van der Waals surface area contributed by atoms with Crippen molar-refractivity contribution in [1.82, 2.24) is 10.2 Å². The molecule has 2 aromatic rings. The number of carbonyl (C=O) groups is 2. The van der Waals surface area contributed by atoms with Gasteiger partial charge >= 0.3 is 11.9 Å². The molecule has 0 saturated carbocycles. The number of para-hydroxylation sites is 1. The summed E-state index contributed by atoms with van der Waals surface area (Å²) in [4.78, 5) is 20.6. The van der Waals surface area contributed by atoms with Gasteiger partial charge in [0.15, 0.2) is 0 Å². The van der Waals surface area contributed by atoms with Crippen molar-refractivity contribution in [2.24, 2.45) is 0 Å². The van der Waals surface area contributed by atoms with Gasteiger partial charge in [-0.2, -0.15) is 5.10 Å². The number of carboxylic acid groups (broad SMARTS) is 2. The number of aromatic nitrogens is 2. The summed E-state index contributed by atoms with van der Waals surface area (Å²) in [7, 11) is 1.44. The van der Waals surface area contributed by atoms with Crippen molar-refractivity contribution in [2.45, 2.75) is 0 Å². The van der Waals surface area contributed by atoms with Crippen LogP contribution < -0.4 is 10.5 Å². The lowest BCUT2D eigenvalue weighted by atomic mass is 10.2. The number of nitrogens with one attached hydrogen (secondary N) is 1. The fourth-order valence-electron chi connectivity index (χ4n) is 1.28. The van der Waals surface area contributed by atoms with Crippen molar-refractivity contribution in [1.29, 1.82) is 0 Å². The quantitative estimate of drug-likeness (QED) is 0.616. The van der Waals surface area contributed by atoms with Crippen LogP contribution in [0.4, 0.5) is 5.69 Å². The number of rotatable bonds is 3. The van der Waals surface area contributed by atoms with Crippen molar-refractivity contribution in [3.63, 3.8) is 0 Å². The van der Waals surface area contributed by atoms with Crippen molar-refractivity contribution < 1.29 is 24.5 Å². The largest absolute Gasteiger partial charge is 0.495 e. The first kappa shape index (κ1) is 15.0. The molecule has 1 aromatic heterocycles. The molecule has 5 N–H and O–H groups in total. The molecule has 0 bridgehead atoms. The lowest BCUT2D eigenvalue weighted by Gasteiger charge is -2.05. The first-order chi connectivity index (χ1) is 9.47. The summed E-state index contributed by atoms with van der Waals surface area (Å²) < 4.78 is 4.85. The summed E-state index contributed by atoms with van der Waals surface area (Å²) in [6, 6.07) is 4.63. The van der Waals surface area contributed by atoms with E-state index >= 15 is 0 Å². The normalized spacial score (nSPS) is 9.25. The molecule has 1 heterocycles. The van der Waals surface area contributed by atoms with Crippen LogP contribution in [-0.4, -0.2) is 39.5 Å². The lowest BCUT2D eigenvalue weighted by Crippen LogP contribution is -2.03. The van der Waals surface area contributed by atoms with E-state index < -0.39 is 11.9 Å². The van der Waals surface area contributed by atoms with E-state index in [1.165, 1.54) is 25.6 Å². The molecule has 0 saturated heterocycles. The molecule has 8 nitrogen and oxygen atoms in total. The summed E-state index contributed by atoms with van der Waals surface area (Å²) in [5.41, 5.74) is 5.90. The number of methoxy groups -OCH3 is 1. The third kappa shape index (κ3) is 3.73. The average Bonchev–Trinajstić information content (AvgIpc) is 2.93. The number of H-pyrrole nitrogens is 1. The molecule has 0 aliphatic carbocycles. The molecule has 0 atom stereocenters.